The van der Waals surface area contributed by atoms with Crippen LogP contribution in [0.1, 0.15) is 12.5 Å². The molecule has 0 saturated carbocycles. The van der Waals surface area contributed by atoms with Gasteiger partial charge in [-0.3, -0.25) is 0 Å². The fourth-order valence-electron chi connectivity index (χ4n) is 2.35. The smallest absolute Gasteiger partial charge is 0.119 e. The molecule has 1 heterocycles. The number of aliphatic hydroxyl groups excluding tert-OH is 2. The van der Waals surface area contributed by atoms with Crippen molar-refractivity contribution in [2.75, 3.05) is 13.2 Å². The molecule has 1 aliphatic heterocycles. The molecule has 1 saturated heterocycles. The first-order valence-corrected chi connectivity index (χ1v) is 6.43. The number of rotatable bonds is 5. The predicted octanol–water partition coefficient (Wildman–Crippen LogP) is 0.456. The second-order valence-electron chi connectivity index (χ2n) is 5.06. The van der Waals surface area contributed by atoms with Crippen LogP contribution in [0.15, 0.2) is 30.3 Å². The number of aliphatic hydroxyl groups is 2. The lowest BCUT2D eigenvalue weighted by molar-refractivity contribution is -0.119. The van der Waals surface area contributed by atoms with Crippen LogP contribution in [0.2, 0.25) is 0 Å². The zero-order valence-electron chi connectivity index (χ0n) is 11.0. The molecular formula is C14H19BO4. The average molecular weight is 262 g/mol. The normalized spacial score (nSPS) is 34.6. The molecule has 1 fully saturated rings. The van der Waals surface area contributed by atoms with E-state index in [4.69, 9.17) is 17.3 Å². The number of hydrogen-bond acceptors (Lipinski definition) is 4. The molecule has 0 amide bonds. The van der Waals surface area contributed by atoms with Gasteiger partial charge in [-0.2, -0.15) is 0 Å². The van der Waals surface area contributed by atoms with Crippen LogP contribution < -0.4 is 0 Å². The van der Waals surface area contributed by atoms with Gasteiger partial charge < -0.3 is 19.7 Å². The molecule has 0 spiro atoms. The zero-order valence-corrected chi connectivity index (χ0v) is 11.0. The Morgan fingerprint density at radius 1 is 1.37 bits per heavy atom. The van der Waals surface area contributed by atoms with Crippen LogP contribution in [0, 0.1) is 5.92 Å². The van der Waals surface area contributed by atoms with Crippen LogP contribution in [-0.2, 0) is 16.1 Å². The Bertz CT molecular complexity index is 400. The highest BCUT2D eigenvalue weighted by Crippen LogP contribution is 2.35. The maximum atomic E-state index is 9.83. The maximum Gasteiger partial charge on any atom is 0.119 e. The zero-order chi connectivity index (χ0) is 13.9. The summed E-state index contributed by atoms with van der Waals surface area (Å²) in [5, 5.41) is 19.4. The molecule has 2 rings (SSSR count). The maximum absolute atomic E-state index is 9.83. The minimum Gasteiger partial charge on any atom is -0.393 e. The van der Waals surface area contributed by atoms with E-state index in [1.165, 1.54) is 0 Å². The van der Waals surface area contributed by atoms with E-state index in [0.29, 0.717) is 6.61 Å². The average Bonchev–Trinajstić information content (AvgIpc) is 2.65. The van der Waals surface area contributed by atoms with E-state index in [9.17, 15) is 10.2 Å². The summed E-state index contributed by atoms with van der Waals surface area (Å²) in [6.07, 6.45) is -0.785. The van der Waals surface area contributed by atoms with E-state index in [1.807, 2.05) is 30.3 Å². The summed E-state index contributed by atoms with van der Waals surface area (Å²) in [7, 11) is 5.66. The first-order valence-electron chi connectivity index (χ1n) is 6.43. The first kappa shape index (κ1) is 14.5. The molecule has 1 aromatic rings. The molecule has 4 nitrogen and oxygen atoms in total. The van der Waals surface area contributed by atoms with E-state index in [-0.39, 0.29) is 19.1 Å². The second kappa shape index (κ2) is 6.05. The molecule has 0 aliphatic carbocycles. The molecule has 2 radical (unpaired) electrons. The molecule has 5 heteroatoms. The minimum atomic E-state index is -0.923. The van der Waals surface area contributed by atoms with Crippen molar-refractivity contribution in [3.63, 3.8) is 0 Å². The molecule has 0 unspecified atom stereocenters. The van der Waals surface area contributed by atoms with Crippen LogP contribution in [0.4, 0.5) is 0 Å². The highest BCUT2D eigenvalue weighted by atomic mass is 16.6. The van der Waals surface area contributed by atoms with Crippen LogP contribution in [0.5, 0.6) is 0 Å². The van der Waals surface area contributed by atoms with Gasteiger partial charge in [0.05, 0.1) is 25.9 Å². The Labute approximate surface area is 114 Å². The number of hydrogen-bond donors (Lipinski definition) is 2. The second-order valence-corrected chi connectivity index (χ2v) is 5.06. The van der Waals surface area contributed by atoms with E-state index in [0.717, 1.165) is 5.56 Å². The van der Waals surface area contributed by atoms with Crippen molar-refractivity contribution in [1.29, 1.82) is 0 Å². The highest BCUT2D eigenvalue weighted by Gasteiger charge is 2.50. The van der Waals surface area contributed by atoms with Crippen LogP contribution in [0.3, 0.4) is 0 Å². The van der Waals surface area contributed by atoms with Gasteiger partial charge in [0.1, 0.15) is 13.4 Å². The Morgan fingerprint density at radius 2 is 2.05 bits per heavy atom. The van der Waals surface area contributed by atoms with Gasteiger partial charge in [0.25, 0.3) is 0 Å². The SMILES string of the molecule is [B][C@@H]1O[C@](CO)(COCc2ccccc2)[C@@H](C)[C@H]1O. The van der Waals surface area contributed by atoms with Gasteiger partial charge in [-0.1, -0.05) is 37.3 Å². The molecule has 1 aliphatic rings. The summed E-state index contributed by atoms with van der Waals surface area (Å²) >= 11 is 0. The molecular weight excluding hydrogens is 243 g/mol. The lowest BCUT2D eigenvalue weighted by atomic mass is 9.83. The Kier molecular flexibility index (Phi) is 4.63. The standard InChI is InChI=1S/C14H19BO4/c1-10-12(17)13(15)19-14(10,8-16)9-18-7-11-5-3-2-4-6-11/h2-6,10,12-13,16-17H,7-9H2,1H3/t10-,12+,13+,14+/m0/s1. The predicted molar refractivity (Wildman–Crippen MR) is 71.7 cm³/mol. The summed E-state index contributed by atoms with van der Waals surface area (Å²) in [6.45, 7) is 2.21. The van der Waals surface area contributed by atoms with Crippen molar-refractivity contribution in [3.05, 3.63) is 35.9 Å². The van der Waals surface area contributed by atoms with Crippen LogP contribution >= 0.6 is 0 Å². The van der Waals surface area contributed by atoms with E-state index < -0.39 is 17.7 Å². The van der Waals surface area contributed by atoms with Crippen LogP contribution in [0.25, 0.3) is 0 Å². The van der Waals surface area contributed by atoms with Gasteiger partial charge in [-0.15, -0.1) is 0 Å². The van der Waals surface area contributed by atoms with Crippen molar-refractivity contribution >= 4 is 7.85 Å². The quantitative estimate of drug-likeness (QED) is 0.757. The largest absolute Gasteiger partial charge is 0.393 e. The minimum absolute atomic E-state index is 0.199. The molecule has 4 atom stereocenters. The molecule has 0 bridgehead atoms. The van der Waals surface area contributed by atoms with Crippen molar-refractivity contribution in [3.8, 4) is 0 Å². The van der Waals surface area contributed by atoms with Crippen molar-refractivity contribution in [1.82, 2.24) is 0 Å². The van der Waals surface area contributed by atoms with Crippen molar-refractivity contribution < 1.29 is 19.7 Å². The summed E-state index contributed by atoms with van der Waals surface area (Å²) < 4.78 is 11.1. The van der Waals surface area contributed by atoms with Crippen molar-refractivity contribution in [2.24, 2.45) is 5.92 Å². The molecule has 1 aromatic carbocycles. The third kappa shape index (κ3) is 3.00. The summed E-state index contributed by atoms with van der Waals surface area (Å²) in [4.78, 5) is 0. The Balaban J connectivity index is 1.93. The highest BCUT2D eigenvalue weighted by molar-refractivity contribution is 6.11. The Hall–Kier alpha value is -0.875. The fourth-order valence-corrected chi connectivity index (χ4v) is 2.35. The van der Waals surface area contributed by atoms with E-state index in [2.05, 4.69) is 0 Å². The third-order valence-corrected chi connectivity index (χ3v) is 3.78. The lowest BCUT2D eigenvalue weighted by Crippen LogP contribution is -2.45. The van der Waals surface area contributed by atoms with Gasteiger partial charge in [-0.05, 0) is 5.56 Å². The fraction of sp³-hybridized carbons (Fsp3) is 0.571. The lowest BCUT2D eigenvalue weighted by Gasteiger charge is -2.31. The van der Waals surface area contributed by atoms with Gasteiger partial charge in [0, 0.05) is 11.9 Å². The summed E-state index contributed by atoms with van der Waals surface area (Å²) in [5.41, 5.74) is 0.124. The summed E-state index contributed by atoms with van der Waals surface area (Å²) in [6, 6.07) is 8.97. The third-order valence-electron chi connectivity index (χ3n) is 3.78. The first-order chi connectivity index (χ1) is 9.09. The number of ether oxygens (including phenoxy) is 2. The van der Waals surface area contributed by atoms with E-state index in [1.54, 1.807) is 6.92 Å². The number of benzene rings is 1. The van der Waals surface area contributed by atoms with E-state index >= 15 is 0 Å². The van der Waals surface area contributed by atoms with Gasteiger partial charge >= 0.3 is 0 Å². The summed E-state index contributed by atoms with van der Waals surface area (Å²) in [5.74, 6) is -0.275. The van der Waals surface area contributed by atoms with Gasteiger partial charge in [0.15, 0.2) is 0 Å². The van der Waals surface area contributed by atoms with Gasteiger partial charge in [-0.25, -0.2) is 0 Å². The molecule has 0 aromatic heterocycles. The monoisotopic (exact) mass is 262 g/mol. The van der Waals surface area contributed by atoms with Crippen molar-refractivity contribution in [2.45, 2.75) is 31.2 Å². The van der Waals surface area contributed by atoms with Crippen LogP contribution in [-0.4, -0.2) is 49.0 Å². The topological polar surface area (TPSA) is 58.9 Å². The molecule has 2 N–H and O–H groups in total. The molecule has 19 heavy (non-hydrogen) atoms. The Morgan fingerprint density at radius 3 is 2.58 bits per heavy atom. The molecule has 102 valence electrons. The van der Waals surface area contributed by atoms with Gasteiger partial charge in [0.2, 0.25) is 0 Å².